The molecule has 0 bridgehead atoms. The average molecular weight is 490 g/mol. The van der Waals surface area contributed by atoms with Crippen molar-refractivity contribution in [1.29, 1.82) is 0 Å². The molecule has 0 spiro atoms. The number of carbonyl (C=O) groups is 1. The number of hydrogen-bond acceptors (Lipinski definition) is 5. The van der Waals surface area contributed by atoms with Gasteiger partial charge in [-0.1, -0.05) is 40.2 Å². The molecule has 160 valence electrons. The van der Waals surface area contributed by atoms with Crippen molar-refractivity contribution in [2.75, 3.05) is 19.0 Å². The first-order valence-corrected chi connectivity index (χ1v) is 10.6. The summed E-state index contributed by atoms with van der Waals surface area (Å²) < 4.78 is 2.16. The maximum atomic E-state index is 13.2. The van der Waals surface area contributed by atoms with Crippen molar-refractivity contribution >= 4 is 44.6 Å². The molecular weight excluding hydrogens is 470 g/mol. The van der Waals surface area contributed by atoms with Crippen molar-refractivity contribution in [1.82, 2.24) is 15.0 Å². The zero-order chi connectivity index (χ0) is 22.7. The zero-order valence-electron chi connectivity index (χ0n) is 17.5. The lowest BCUT2D eigenvalue weighted by atomic mass is 10.2. The van der Waals surface area contributed by atoms with Crippen LogP contribution >= 0.6 is 15.9 Å². The fourth-order valence-corrected chi connectivity index (χ4v) is 3.45. The Morgan fingerprint density at radius 2 is 1.72 bits per heavy atom. The molecule has 1 amide bonds. The zero-order valence-corrected chi connectivity index (χ0v) is 19.1. The number of halogens is 1. The number of nitrogens with zero attached hydrogens (tertiary/aromatic N) is 4. The van der Waals surface area contributed by atoms with Crippen molar-refractivity contribution in [3.8, 4) is 5.69 Å². The molecule has 0 atom stereocenters. The van der Waals surface area contributed by atoms with Gasteiger partial charge in [0, 0.05) is 24.3 Å². The molecule has 1 N–H and O–H groups in total. The molecule has 0 aliphatic carbocycles. The smallest absolute Gasteiger partial charge is 0.307 e. The third-order valence-electron chi connectivity index (χ3n) is 4.85. The molecule has 0 unspecified atom stereocenters. The number of fused-ring (bicyclic) bond motifs is 1. The summed E-state index contributed by atoms with van der Waals surface area (Å²) in [7, 11) is 3.93. The van der Waals surface area contributed by atoms with E-state index in [1.807, 2.05) is 43.3 Å². The van der Waals surface area contributed by atoms with Gasteiger partial charge in [-0.25, -0.2) is 10.4 Å². The predicted octanol–water partition coefficient (Wildman–Crippen LogP) is 3.98. The van der Waals surface area contributed by atoms with Crippen LogP contribution in [0.3, 0.4) is 0 Å². The van der Waals surface area contributed by atoms with E-state index in [1.165, 1.54) is 4.57 Å². The number of para-hydroxylation sites is 1. The summed E-state index contributed by atoms with van der Waals surface area (Å²) >= 11 is 3.39. The molecule has 8 heteroatoms. The molecule has 0 aliphatic rings. The Morgan fingerprint density at radius 3 is 2.41 bits per heavy atom. The highest BCUT2D eigenvalue weighted by Crippen LogP contribution is 2.16. The van der Waals surface area contributed by atoms with E-state index in [1.54, 1.807) is 54.7 Å². The molecular formula is C24H20BrN5O2. The molecule has 7 nitrogen and oxygen atoms in total. The van der Waals surface area contributed by atoms with Crippen LogP contribution in [0.4, 0.5) is 5.69 Å². The predicted molar refractivity (Wildman–Crippen MR) is 131 cm³/mol. The number of amides is 1. The lowest BCUT2D eigenvalue weighted by Crippen LogP contribution is -2.31. The van der Waals surface area contributed by atoms with Gasteiger partial charge in [0.2, 0.25) is 5.82 Å². The van der Waals surface area contributed by atoms with E-state index in [0.29, 0.717) is 16.6 Å². The Hall–Kier alpha value is -3.78. The summed E-state index contributed by atoms with van der Waals surface area (Å²) in [5, 5.41) is 4.48. The van der Waals surface area contributed by atoms with Crippen LogP contribution in [0.5, 0.6) is 0 Å². The largest absolute Gasteiger partial charge is 0.378 e. The van der Waals surface area contributed by atoms with Crippen LogP contribution in [-0.2, 0) is 0 Å². The number of anilines is 1. The Bertz CT molecular complexity index is 1360. The first-order chi connectivity index (χ1) is 15.4. The summed E-state index contributed by atoms with van der Waals surface area (Å²) in [4.78, 5) is 32.6. The number of benzene rings is 3. The molecule has 0 aliphatic heterocycles. The second-order valence-corrected chi connectivity index (χ2v) is 8.17. The second kappa shape index (κ2) is 9.15. The summed E-state index contributed by atoms with van der Waals surface area (Å²) in [6.45, 7) is 0. The topological polar surface area (TPSA) is 79.6 Å². The van der Waals surface area contributed by atoms with Gasteiger partial charge in [0.1, 0.15) is 0 Å². The monoisotopic (exact) mass is 489 g/mol. The first-order valence-electron chi connectivity index (χ1n) is 9.82. The second-order valence-electron chi connectivity index (χ2n) is 7.25. The quantitative estimate of drug-likeness (QED) is 0.339. The Morgan fingerprint density at radius 1 is 1.03 bits per heavy atom. The summed E-state index contributed by atoms with van der Waals surface area (Å²) in [6.07, 6.45) is 1.54. The highest BCUT2D eigenvalue weighted by Gasteiger charge is 2.18. The van der Waals surface area contributed by atoms with E-state index in [0.717, 1.165) is 15.7 Å². The van der Waals surface area contributed by atoms with Crippen LogP contribution in [-0.4, -0.2) is 35.8 Å². The third kappa shape index (κ3) is 4.45. The Balaban J connectivity index is 1.69. The fraction of sp³-hybridized carbons (Fsp3) is 0.0833. The molecule has 0 saturated heterocycles. The van der Waals surface area contributed by atoms with Crippen LogP contribution in [0, 0.1) is 0 Å². The number of hydrazone groups is 1. The lowest BCUT2D eigenvalue weighted by molar-refractivity contribution is 0.0942. The molecule has 0 saturated carbocycles. The molecule has 3 aromatic carbocycles. The highest BCUT2D eigenvalue weighted by atomic mass is 79.9. The number of nitrogens with one attached hydrogen (secondary N) is 1. The molecule has 4 aromatic rings. The number of aromatic nitrogens is 2. The van der Waals surface area contributed by atoms with Gasteiger partial charge in [-0.2, -0.15) is 5.10 Å². The number of hydrogen-bond donors (Lipinski definition) is 1. The average Bonchev–Trinajstić information content (AvgIpc) is 2.80. The molecule has 4 rings (SSSR count). The third-order valence-corrected chi connectivity index (χ3v) is 5.38. The van der Waals surface area contributed by atoms with Crippen molar-refractivity contribution in [2.45, 2.75) is 0 Å². The molecule has 0 fully saturated rings. The maximum absolute atomic E-state index is 13.2. The number of rotatable bonds is 5. The fourth-order valence-electron chi connectivity index (χ4n) is 3.19. The van der Waals surface area contributed by atoms with Crippen LogP contribution < -0.4 is 15.9 Å². The van der Waals surface area contributed by atoms with Crippen LogP contribution in [0.25, 0.3) is 16.6 Å². The van der Waals surface area contributed by atoms with E-state index in [4.69, 9.17) is 0 Å². The molecule has 0 radical (unpaired) electrons. The molecule has 1 heterocycles. The van der Waals surface area contributed by atoms with Crippen LogP contribution in [0.15, 0.2) is 87.2 Å². The van der Waals surface area contributed by atoms with Gasteiger partial charge in [-0.3, -0.25) is 14.2 Å². The van der Waals surface area contributed by atoms with Crippen LogP contribution in [0.2, 0.25) is 0 Å². The summed E-state index contributed by atoms with van der Waals surface area (Å²) in [5.41, 5.74) is 5.02. The van der Waals surface area contributed by atoms with Crippen molar-refractivity contribution in [3.63, 3.8) is 0 Å². The van der Waals surface area contributed by atoms with Gasteiger partial charge in [-0.15, -0.1) is 0 Å². The minimum Gasteiger partial charge on any atom is -0.378 e. The van der Waals surface area contributed by atoms with Gasteiger partial charge in [0.05, 0.1) is 22.8 Å². The highest BCUT2D eigenvalue weighted by molar-refractivity contribution is 9.10. The molecule has 32 heavy (non-hydrogen) atoms. The van der Waals surface area contributed by atoms with Gasteiger partial charge < -0.3 is 4.90 Å². The van der Waals surface area contributed by atoms with Crippen LogP contribution in [0.1, 0.15) is 16.2 Å². The van der Waals surface area contributed by atoms with Gasteiger partial charge in [-0.05, 0) is 54.1 Å². The van der Waals surface area contributed by atoms with E-state index < -0.39 is 5.91 Å². The van der Waals surface area contributed by atoms with E-state index in [9.17, 15) is 9.59 Å². The van der Waals surface area contributed by atoms with E-state index >= 15 is 0 Å². The minimum absolute atomic E-state index is 0.0453. The maximum Gasteiger partial charge on any atom is 0.307 e. The van der Waals surface area contributed by atoms with Gasteiger partial charge in [0.25, 0.3) is 5.56 Å². The van der Waals surface area contributed by atoms with Crippen molar-refractivity contribution in [3.05, 3.63) is 99.0 Å². The van der Waals surface area contributed by atoms with Gasteiger partial charge in [0.15, 0.2) is 0 Å². The normalized spacial score (nSPS) is 11.1. The summed E-state index contributed by atoms with van der Waals surface area (Å²) in [6, 6.07) is 21.7. The van der Waals surface area contributed by atoms with E-state index in [-0.39, 0.29) is 11.4 Å². The summed E-state index contributed by atoms with van der Waals surface area (Å²) in [5.74, 6) is -0.631. The van der Waals surface area contributed by atoms with Crippen molar-refractivity contribution < 1.29 is 4.79 Å². The van der Waals surface area contributed by atoms with Gasteiger partial charge >= 0.3 is 5.91 Å². The first kappa shape index (κ1) is 21.5. The Kier molecular flexibility index (Phi) is 6.13. The SMILES string of the molecule is CN(C)c1ccc(/C=N/NC(=O)c2nc3ccccc3c(=O)n2-c2ccc(Br)cc2)cc1. The van der Waals surface area contributed by atoms with Crippen molar-refractivity contribution in [2.24, 2.45) is 5.10 Å². The standard InChI is InChI=1S/C24H20BrN5O2/c1-29(2)18-11-7-16(8-12-18)15-26-28-23(31)22-27-21-6-4-3-5-20(21)24(32)30(22)19-13-9-17(25)10-14-19/h3-15H,1-2H3,(H,28,31)/b26-15+. The lowest BCUT2D eigenvalue weighted by Gasteiger charge is -2.12. The number of carbonyl (C=O) groups excluding carboxylic acids is 1. The minimum atomic E-state index is -0.586. The van der Waals surface area contributed by atoms with E-state index in [2.05, 4.69) is 31.4 Å². The molecule has 1 aromatic heterocycles. The Labute approximate surface area is 193 Å².